The van der Waals surface area contributed by atoms with Crippen molar-refractivity contribution in [1.82, 2.24) is 4.90 Å². The van der Waals surface area contributed by atoms with Crippen molar-refractivity contribution in [3.63, 3.8) is 0 Å². The second-order valence-corrected chi connectivity index (χ2v) is 7.87. The SMILES string of the molecule is CCOc1ccc(N2C3=CCCCCN3[C@@H](C)[C@]2(O)c2ccc(OCC)cc2)cc1. The Hall–Kier alpha value is -2.66. The molecule has 1 fully saturated rings. The molecule has 2 aromatic carbocycles. The lowest BCUT2D eigenvalue weighted by molar-refractivity contribution is 0.00793. The number of hydrogen-bond acceptors (Lipinski definition) is 5. The van der Waals surface area contributed by atoms with Crippen molar-refractivity contribution in [1.29, 1.82) is 0 Å². The topological polar surface area (TPSA) is 45.2 Å². The molecule has 2 aliphatic heterocycles. The second-order valence-electron chi connectivity index (χ2n) is 7.87. The number of anilines is 1. The molecule has 0 amide bonds. The van der Waals surface area contributed by atoms with Gasteiger partial charge in [0, 0.05) is 17.8 Å². The molecule has 0 unspecified atom stereocenters. The molecule has 0 aliphatic carbocycles. The third-order valence-electron chi connectivity index (χ3n) is 6.09. The van der Waals surface area contributed by atoms with Gasteiger partial charge in [-0.2, -0.15) is 0 Å². The summed E-state index contributed by atoms with van der Waals surface area (Å²) in [6, 6.07) is 15.8. The summed E-state index contributed by atoms with van der Waals surface area (Å²) >= 11 is 0. The maximum atomic E-state index is 12.2. The molecule has 30 heavy (non-hydrogen) atoms. The Morgan fingerprint density at radius 3 is 2.13 bits per heavy atom. The normalized spacial score (nSPS) is 23.6. The summed E-state index contributed by atoms with van der Waals surface area (Å²) < 4.78 is 11.2. The molecule has 1 saturated heterocycles. The van der Waals surface area contributed by atoms with Crippen LogP contribution in [0.1, 0.15) is 45.6 Å². The summed E-state index contributed by atoms with van der Waals surface area (Å²) in [4.78, 5) is 4.44. The fourth-order valence-corrected chi connectivity index (χ4v) is 4.60. The fourth-order valence-electron chi connectivity index (χ4n) is 4.60. The van der Waals surface area contributed by atoms with E-state index >= 15 is 0 Å². The van der Waals surface area contributed by atoms with E-state index in [1.165, 1.54) is 6.42 Å². The van der Waals surface area contributed by atoms with Gasteiger partial charge in [0.2, 0.25) is 0 Å². The molecular weight excluding hydrogens is 376 g/mol. The smallest absolute Gasteiger partial charge is 0.190 e. The summed E-state index contributed by atoms with van der Waals surface area (Å²) in [7, 11) is 0. The van der Waals surface area contributed by atoms with Gasteiger partial charge in [-0.15, -0.1) is 0 Å². The Labute approximate surface area is 179 Å². The molecule has 2 heterocycles. The highest BCUT2D eigenvalue weighted by Crippen LogP contribution is 2.47. The predicted molar refractivity (Wildman–Crippen MR) is 120 cm³/mol. The minimum atomic E-state index is -1.18. The quantitative estimate of drug-likeness (QED) is 0.739. The molecule has 160 valence electrons. The molecule has 4 rings (SSSR count). The van der Waals surface area contributed by atoms with Crippen molar-refractivity contribution < 1.29 is 14.6 Å². The lowest BCUT2D eigenvalue weighted by Crippen LogP contribution is -2.48. The van der Waals surface area contributed by atoms with Gasteiger partial charge in [0.1, 0.15) is 17.3 Å². The van der Waals surface area contributed by atoms with E-state index in [1.807, 2.05) is 62.4 Å². The first-order valence-electron chi connectivity index (χ1n) is 11.0. The maximum Gasteiger partial charge on any atom is 0.190 e. The van der Waals surface area contributed by atoms with Gasteiger partial charge in [0.05, 0.1) is 19.3 Å². The number of nitrogens with zero attached hydrogens (tertiary/aromatic N) is 2. The van der Waals surface area contributed by atoms with E-state index in [1.54, 1.807) is 0 Å². The van der Waals surface area contributed by atoms with Gasteiger partial charge in [0.15, 0.2) is 5.72 Å². The van der Waals surface area contributed by atoms with Crippen LogP contribution in [0.15, 0.2) is 60.4 Å². The number of aliphatic hydroxyl groups is 1. The first kappa shape index (κ1) is 20.6. The van der Waals surface area contributed by atoms with Crippen molar-refractivity contribution in [3.05, 3.63) is 66.0 Å². The van der Waals surface area contributed by atoms with Crippen LogP contribution < -0.4 is 14.4 Å². The lowest BCUT2D eigenvalue weighted by Gasteiger charge is -2.37. The molecule has 0 spiro atoms. The van der Waals surface area contributed by atoms with Crippen LogP contribution in [-0.4, -0.2) is 35.8 Å². The van der Waals surface area contributed by atoms with Gasteiger partial charge in [-0.1, -0.05) is 12.1 Å². The highest BCUT2D eigenvalue weighted by molar-refractivity contribution is 5.60. The molecule has 2 aromatic rings. The van der Waals surface area contributed by atoms with E-state index in [0.717, 1.165) is 48.0 Å². The highest BCUT2D eigenvalue weighted by atomic mass is 16.5. The van der Waals surface area contributed by atoms with Crippen LogP contribution >= 0.6 is 0 Å². The standard InChI is InChI=1S/C25H32N2O3/c1-4-29-22-14-10-20(11-15-22)25(28)19(3)26-18-8-6-7-9-24(26)27(25)21-12-16-23(17-13-21)30-5-2/h9-17,19,28H,4-8,18H2,1-3H3/t19-,25-/m0/s1. The molecule has 1 N–H and O–H groups in total. The molecular formula is C25H32N2O3. The predicted octanol–water partition coefficient (Wildman–Crippen LogP) is 4.87. The Bertz CT molecular complexity index is 878. The number of hydrogen-bond donors (Lipinski definition) is 1. The first-order chi connectivity index (χ1) is 14.6. The molecule has 2 atom stereocenters. The molecule has 0 saturated carbocycles. The number of fused-ring (bicyclic) bond motifs is 1. The average molecular weight is 409 g/mol. The summed E-state index contributed by atoms with van der Waals surface area (Å²) in [5.41, 5.74) is 0.639. The first-order valence-corrected chi connectivity index (χ1v) is 11.0. The van der Waals surface area contributed by atoms with Crippen LogP contribution in [0.3, 0.4) is 0 Å². The molecule has 0 bridgehead atoms. The molecule has 5 nitrogen and oxygen atoms in total. The van der Waals surface area contributed by atoms with E-state index < -0.39 is 5.72 Å². The number of benzene rings is 2. The van der Waals surface area contributed by atoms with Crippen LogP contribution in [0, 0.1) is 0 Å². The Morgan fingerprint density at radius 1 is 0.933 bits per heavy atom. The zero-order valence-electron chi connectivity index (χ0n) is 18.2. The van der Waals surface area contributed by atoms with Crippen LogP contribution in [0.25, 0.3) is 0 Å². The molecule has 0 radical (unpaired) electrons. The molecule has 5 heteroatoms. The summed E-state index contributed by atoms with van der Waals surface area (Å²) in [6.07, 6.45) is 5.59. The van der Waals surface area contributed by atoms with E-state index in [4.69, 9.17) is 9.47 Å². The van der Waals surface area contributed by atoms with Gasteiger partial charge in [-0.3, -0.25) is 4.90 Å². The number of ether oxygens (including phenoxy) is 2. The summed E-state index contributed by atoms with van der Waals surface area (Å²) in [5, 5.41) is 12.2. The average Bonchev–Trinajstić information content (AvgIpc) is 2.91. The van der Waals surface area contributed by atoms with Crippen molar-refractivity contribution in [2.24, 2.45) is 0 Å². The Balaban J connectivity index is 1.79. The minimum Gasteiger partial charge on any atom is -0.494 e. The van der Waals surface area contributed by atoms with Crippen LogP contribution in [0.5, 0.6) is 11.5 Å². The van der Waals surface area contributed by atoms with Crippen LogP contribution in [-0.2, 0) is 5.72 Å². The number of allylic oxidation sites excluding steroid dienone is 1. The van der Waals surface area contributed by atoms with Gasteiger partial charge in [-0.25, -0.2) is 0 Å². The van der Waals surface area contributed by atoms with E-state index in [-0.39, 0.29) is 6.04 Å². The van der Waals surface area contributed by atoms with Gasteiger partial charge >= 0.3 is 0 Å². The molecule has 0 aromatic heterocycles. The largest absolute Gasteiger partial charge is 0.494 e. The van der Waals surface area contributed by atoms with E-state index in [9.17, 15) is 5.11 Å². The van der Waals surface area contributed by atoms with Gasteiger partial charge in [0.25, 0.3) is 0 Å². The van der Waals surface area contributed by atoms with Crippen molar-refractivity contribution >= 4 is 5.69 Å². The van der Waals surface area contributed by atoms with E-state index in [2.05, 4.69) is 22.8 Å². The third kappa shape index (κ3) is 3.52. The summed E-state index contributed by atoms with van der Waals surface area (Å²) in [6.45, 7) is 8.27. The van der Waals surface area contributed by atoms with Gasteiger partial charge in [-0.05, 0) is 82.5 Å². The van der Waals surface area contributed by atoms with Crippen LogP contribution in [0.4, 0.5) is 5.69 Å². The lowest BCUT2D eigenvalue weighted by atomic mass is 9.94. The molecule has 2 aliphatic rings. The maximum absolute atomic E-state index is 12.2. The van der Waals surface area contributed by atoms with Crippen LogP contribution in [0.2, 0.25) is 0 Å². The van der Waals surface area contributed by atoms with E-state index in [0.29, 0.717) is 13.2 Å². The highest BCUT2D eigenvalue weighted by Gasteiger charge is 2.53. The third-order valence-corrected chi connectivity index (χ3v) is 6.09. The van der Waals surface area contributed by atoms with Crippen molar-refractivity contribution in [2.45, 2.75) is 51.8 Å². The monoisotopic (exact) mass is 408 g/mol. The number of rotatable bonds is 6. The summed E-state index contributed by atoms with van der Waals surface area (Å²) in [5.74, 6) is 2.74. The van der Waals surface area contributed by atoms with Gasteiger partial charge < -0.3 is 19.5 Å². The Morgan fingerprint density at radius 2 is 1.53 bits per heavy atom. The fraction of sp³-hybridized carbons (Fsp3) is 0.440. The second kappa shape index (κ2) is 8.60. The zero-order valence-corrected chi connectivity index (χ0v) is 18.2. The van der Waals surface area contributed by atoms with Crippen molar-refractivity contribution in [3.8, 4) is 11.5 Å². The Kier molecular flexibility index (Phi) is 5.91. The zero-order chi connectivity index (χ0) is 21.1. The van der Waals surface area contributed by atoms with Crippen molar-refractivity contribution in [2.75, 3.05) is 24.7 Å². The minimum absolute atomic E-state index is 0.0913.